The van der Waals surface area contributed by atoms with Gasteiger partial charge in [-0.15, -0.1) is 0 Å². The molecule has 126 valence electrons. The Kier molecular flexibility index (Phi) is 5.68. The van der Waals surface area contributed by atoms with Gasteiger partial charge in [-0.3, -0.25) is 4.79 Å². The van der Waals surface area contributed by atoms with Crippen molar-refractivity contribution >= 4 is 11.9 Å². The van der Waals surface area contributed by atoms with Gasteiger partial charge in [-0.2, -0.15) is 0 Å². The van der Waals surface area contributed by atoms with E-state index in [1.807, 2.05) is 13.8 Å². The standard InChI is InChI=1S/C19H20FNO3/c1-3-21(13(2)15-8-10-17(20)11-9-15)18(22)12-14-4-6-16(7-5-14)19(23)24/h4-11,13H,3,12H2,1-2H3,(H,23,24). The molecule has 5 heteroatoms. The molecule has 2 aromatic rings. The van der Waals surface area contributed by atoms with E-state index in [1.165, 1.54) is 24.3 Å². The second-order valence-electron chi connectivity index (χ2n) is 5.59. The summed E-state index contributed by atoms with van der Waals surface area (Å²) in [5, 5.41) is 8.90. The molecule has 4 nitrogen and oxygen atoms in total. The largest absolute Gasteiger partial charge is 0.478 e. The first kappa shape index (κ1) is 17.7. The van der Waals surface area contributed by atoms with E-state index in [0.717, 1.165) is 11.1 Å². The van der Waals surface area contributed by atoms with Crippen LogP contribution in [0.3, 0.4) is 0 Å². The quantitative estimate of drug-likeness (QED) is 0.879. The summed E-state index contributed by atoms with van der Waals surface area (Å²) in [6, 6.07) is 12.2. The van der Waals surface area contributed by atoms with Gasteiger partial charge in [0.1, 0.15) is 5.82 Å². The number of amides is 1. The first-order valence-electron chi connectivity index (χ1n) is 7.79. The number of carbonyl (C=O) groups is 2. The van der Waals surface area contributed by atoms with Crippen molar-refractivity contribution in [2.75, 3.05) is 6.54 Å². The SMILES string of the molecule is CCN(C(=O)Cc1ccc(C(=O)O)cc1)C(C)c1ccc(F)cc1. The topological polar surface area (TPSA) is 57.6 Å². The van der Waals surface area contributed by atoms with Crippen LogP contribution in [0, 0.1) is 5.82 Å². The van der Waals surface area contributed by atoms with Crippen LogP contribution >= 0.6 is 0 Å². The normalized spacial score (nSPS) is 11.8. The minimum Gasteiger partial charge on any atom is -0.478 e. The van der Waals surface area contributed by atoms with Crippen molar-refractivity contribution in [3.8, 4) is 0 Å². The molecule has 0 heterocycles. The van der Waals surface area contributed by atoms with Crippen LogP contribution in [-0.2, 0) is 11.2 Å². The van der Waals surface area contributed by atoms with Crippen molar-refractivity contribution in [2.24, 2.45) is 0 Å². The summed E-state index contributed by atoms with van der Waals surface area (Å²) >= 11 is 0. The van der Waals surface area contributed by atoms with Crippen molar-refractivity contribution in [3.63, 3.8) is 0 Å². The lowest BCUT2D eigenvalue weighted by Gasteiger charge is -2.28. The van der Waals surface area contributed by atoms with E-state index < -0.39 is 5.97 Å². The van der Waals surface area contributed by atoms with Crippen LogP contribution in [0.2, 0.25) is 0 Å². The molecule has 0 saturated carbocycles. The number of carbonyl (C=O) groups excluding carboxylic acids is 1. The van der Waals surface area contributed by atoms with E-state index >= 15 is 0 Å². The zero-order valence-corrected chi connectivity index (χ0v) is 13.7. The lowest BCUT2D eigenvalue weighted by Crippen LogP contribution is -2.34. The lowest BCUT2D eigenvalue weighted by molar-refractivity contribution is -0.132. The molecular formula is C19H20FNO3. The molecule has 2 rings (SSSR count). The summed E-state index contributed by atoms with van der Waals surface area (Å²) < 4.78 is 13.0. The highest BCUT2D eigenvalue weighted by Gasteiger charge is 2.20. The zero-order chi connectivity index (χ0) is 17.7. The average Bonchev–Trinajstić information content (AvgIpc) is 2.56. The molecule has 0 aliphatic heterocycles. The molecule has 0 spiro atoms. The van der Waals surface area contributed by atoms with Crippen molar-refractivity contribution in [1.29, 1.82) is 0 Å². The van der Waals surface area contributed by atoms with Crippen LogP contribution < -0.4 is 0 Å². The van der Waals surface area contributed by atoms with Crippen LogP contribution in [-0.4, -0.2) is 28.4 Å². The first-order chi connectivity index (χ1) is 11.4. The number of aromatic carboxylic acids is 1. The average molecular weight is 329 g/mol. The highest BCUT2D eigenvalue weighted by molar-refractivity contribution is 5.87. The fourth-order valence-electron chi connectivity index (χ4n) is 2.63. The molecule has 1 N–H and O–H groups in total. The number of halogens is 1. The summed E-state index contributed by atoms with van der Waals surface area (Å²) in [4.78, 5) is 25.2. The van der Waals surface area contributed by atoms with E-state index in [-0.39, 0.29) is 29.8 Å². The van der Waals surface area contributed by atoms with Crippen LogP contribution in [0.15, 0.2) is 48.5 Å². The number of hydrogen-bond acceptors (Lipinski definition) is 2. The molecule has 1 atom stereocenters. The highest BCUT2D eigenvalue weighted by Crippen LogP contribution is 2.21. The summed E-state index contributed by atoms with van der Waals surface area (Å²) in [5.74, 6) is -1.36. The van der Waals surface area contributed by atoms with Gasteiger partial charge >= 0.3 is 5.97 Å². The third kappa shape index (κ3) is 4.19. The van der Waals surface area contributed by atoms with Crippen molar-refractivity contribution in [3.05, 3.63) is 71.0 Å². The predicted octanol–water partition coefficient (Wildman–Crippen LogP) is 3.68. The number of rotatable bonds is 6. The third-order valence-corrected chi connectivity index (χ3v) is 4.04. The van der Waals surface area contributed by atoms with E-state index in [1.54, 1.807) is 29.2 Å². The van der Waals surface area contributed by atoms with Gasteiger partial charge < -0.3 is 10.0 Å². The Morgan fingerprint density at radius 1 is 1.08 bits per heavy atom. The highest BCUT2D eigenvalue weighted by atomic mass is 19.1. The Morgan fingerprint density at radius 3 is 2.17 bits per heavy atom. The van der Waals surface area contributed by atoms with E-state index in [0.29, 0.717) is 6.54 Å². The van der Waals surface area contributed by atoms with Crippen molar-refractivity contribution in [2.45, 2.75) is 26.3 Å². The smallest absolute Gasteiger partial charge is 0.335 e. The maximum absolute atomic E-state index is 13.0. The van der Waals surface area contributed by atoms with Gasteiger partial charge in [-0.25, -0.2) is 9.18 Å². The van der Waals surface area contributed by atoms with Gasteiger partial charge in [0.2, 0.25) is 5.91 Å². The van der Waals surface area contributed by atoms with Crippen LogP contribution in [0.25, 0.3) is 0 Å². The number of hydrogen-bond donors (Lipinski definition) is 1. The Morgan fingerprint density at radius 2 is 1.67 bits per heavy atom. The zero-order valence-electron chi connectivity index (χ0n) is 13.7. The van der Waals surface area contributed by atoms with E-state index in [9.17, 15) is 14.0 Å². The maximum Gasteiger partial charge on any atom is 0.335 e. The fourth-order valence-corrected chi connectivity index (χ4v) is 2.63. The first-order valence-corrected chi connectivity index (χ1v) is 7.79. The molecule has 0 fully saturated rings. The van der Waals surface area contributed by atoms with Crippen LogP contribution in [0.1, 0.15) is 41.4 Å². The minimum atomic E-state index is -0.993. The second kappa shape index (κ2) is 7.73. The number of likely N-dealkylation sites (N-methyl/N-ethyl adjacent to an activating group) is 1. The monoisotopic (exact) mass is 329 g/mol. The third-order valence-electron chi connectivity index (χ3n) is 4.04. The van der Waals surface area contributed by atoms with Gasteiger partial charge in [0.25, 0.3) is 0 Å². The molecule has 0 radical (unpaired) electrons. The molecule has 0 aromatic heterocycles. The van der Waals surface area contributed by atoms with Gasteiger partial charge in [-0.1, -0.05) is 24.3 Å². The van der Waals surface area contributed by atoms with Crippen molar-refractivity contribution < 1.29 is 19.1 Å². The molecule has 0 aliphatic rings. The van der Waals surface area contributed by atoms with E-state index in [2.05, 4.69) is 0 Å². The van der Waals surface area contributed by atoms with Gasteiger partial charge in [0.15, 0.2) is 0 Å². The van der Waals surface area contributed by atoms with Crippen LogP contribution in [0.4, 0.5) is 4.39 Å². The number of benzene rings is 2. The Hall–Kier alpha value is -2.69. The summed E-state index contributed by atoms with van der Waals surface area (Å²) in [7, 11) is 0. The second-order valence-corrected chi connectivity index (χ2v) is 5.59. The molecule has 0 aliphatic carbocycles. The summed E-state index contributed by atoms with van der Waals surface area (Å²) in [6.07, 6.45) is 0.194. The minimum absolute atomic E-state index is 0.0580. The molecular weight excluding hydrogens is 309 g/mol. The number of carboxylic acid groups (broad SMARTS) is 1. The van der Waals surface area contributed by atoms with Crippen LogP contribution in [0.5, 0.6) is 0 Å². The number of nitrogens with zero attached hydrogens (tertiary/aromatic N) is 1. The predicted molar refractivity (Wildman–Crippen MR) is 89.3 cm³/mol. The fraction of sp³-hybridized carbons (Fsp3) is 0.263. The Labute approximate surface area is 140 Å². The Bertz CT molecular complexity index is 710. The Balaban J connectivity index is 2.10. The molecule has 24 heavy (non-hydrogen) atoms. The van der Waals surface area contributed by atoms with Gasteiger partial charge in [0.05, 0.1) is 18.0 Å². The number of carboxylic acids is 1. The summed E-state index contributed by atoms with van der Waals surface area (Å²) in [5.41, 5.74) is 1.82. The molecule has 1 amide bonds. The van der Waals surface area contributed by atoms with E-state index in [4.69, 9.17) is 5.11 Å². The van der Waals surface area contributed by atoms with Gasteiger partial charge in [-0.05, 0) is 49.2 Å². The van der Waals surface area contributed by atoms with Crippen molar-refractivity contribution in [1.82, 2.24) is 4.90 Å². The maximum atomic E-state index is 13.0. The molecule has 2 aromatic carbocycles. The van der Waals surface area contributed by atoms with Gasteiger partial charge in [0, 0.05) is 6.54 Å². The lowest BCUT2D eigenvalue weighted by atomic mass is 10.0. The molecule has 0 bridgehead atoms. The molecule has 0 saturated heterocycles. The summed E-state index contributed by atoms with van der Waals surface area (Å²) in [6.45, 7) is 4.33. The molecule has 1 unspecified atom stereocenters.